The van der Waals surface area contributed by atoms with Gasteiger partial charge in [-0.3, -0.25) is 9.59 Å². The summed E-state index contributed by atoms with van der Waals surface area (Å²) in [6, 6.07) is 0. The molecule has 0 N–H and O–H groups in total. The smallest absolute Gasteiger partial charge is 0.308 e. The number of unbranched alkanes of at least 4 members (excludes halogenated alkanes) is 26. The van der Waals surface area contributed by atoms with Crippen LogP contribution >= 0.6 is 0 Å². The molecule has 0 bridgehead atoms. The van der Waals surface area contributed by atoms with Gasteiger partial charge in [0.25, 0.3) is 0 Å². The first kappa shape index (κ1) is 43.1. The number of Topliss-reactive ketones (excluding diaryl/α,β-unsaturated/α-hetero) is 1. The van der Waals surface area contributed by atoms with E-state index in [-0.39, 0.29) is 11.9 Å². The van der Waals surface area contributed by atoms with Gasteiger partial charge in [0.2, 0.25) is 0 Å². The molecule has 0 aromatic carbocycles. The van der Waals surface area contributed by atoms with E-state index in [1.807, 2.05) is 0 Å². The van der Waals surface area contributed by atoms with Crippen molar-refractivity contribution >= 4 is 11.8 Å². The summed E-state index contributed by atoms with van der Waals surface area (Å²) in [7, 11) is 0. The Bertz CT molecular complexity index is 586. The van der Waals surface area contributed by atoms with E-state index in [9.17, 15) is 9.59 Å². The number of carbonyl (C=O) groups excluding carboxylic acids is 2. The Hall–Kier alpha value is -0.860. The molecule has 1 atom stereocenters. The molecule has 1 unspecified atom stereocenters. The standard InChI is InChI=1S/C41H80O3/c1-4-7-10-13-15-17-19-20-22-24-27-33-38-44-41(43)39(34-29-26-23-21-18-16-14-11-8-5-2)35-30-28-32-37-40(42)36-31-25-12-9-6-3/h39H,4-38H2,1-3H3. The van der Waals surface area contributed by atoms with E-state index in [4.69, 9.17) is 4.74 Å². The number of hydrogen-bond acceptors (Lipinski definition) is 3. The van der Waals surface area contributed by atoms with E-state index in [2.05, 4.69) is 20.8 Å². The van der Waals surface area contributed by atoms with E-state index < -0.39 is 0 Å². The monoisotopic (exact) mass is 621 g/mol. The third-order valence-electron chi connectivity index (χ3n) is 9.55. The van der Waals surface area contributed by atoms with Crippen molar-refractivity contribution in [2.45, 2.75) is 239 Å². The molecule has 3 nitrogen and oxygen atoms in total. The van der Waals surface area contributed by atoms with Crippen LogP contribution in [0, 0.1) is 5.92 Å². The van der Waals surface area contributed by atoms with Gasteiger partial charge in [-0.2, -0.15) is 0 Å². The number of rotatable bonds is 37. The summed E-state index contributed by atoms with van der Waals surface area (Å²) >= 11 is 0. The average Bonchev–Trinajstić information content (AvgIpc) is 3.02. The van der Waals surface area contributed by atoms with E-state index in [1.165, 1.54) is 154 Å². The second kappa shape index (κ2) is 36.6. The summed E-state index contributed by atoms with van der Waals surface area (Å²) in [6.07, 6.45) is 41.7. The molecule has 0 spiro atoms. The van der Waals surface area contributed by atoms with Crippen molar-refractivity contribution in [2.24, 2.45) is 5.92 Å². The van der Waals surface area contributed by atoms with Gasteiger partial charge in [0.05, 0.1) is 12.5 Å². The van der Waals surface area contributed by atoms with Gasteiger partial charge >= 0.3 is 5.97 Å². The quantitative estimate of drug-likeness (QED) is 0.0512. The highest BCUT2D eigenvalue weighted by atomic mass is 16.5. The minimum atomic E-state index is 0.0483. The molecule has 0 saturated heterocycles. The SMILES string of the molecule is CCCCCCCCCCCCCCOC(=O)C(CCCCCCCCCCCC)CCCCCC(=O)CCCCCCC. The zero-order chi connectivity index (χ0) is 32.2. The zero-order valence-electron chi connectivity index (χ0n) is 30.6. The fourth-order valence-electron chi connectivity index (χ4n) is 6.43. The molecule has 44 heavy (non-hydrogen) atoms. The molecule has 0 saturated carbocycles. The van der Waals surface area contributed by atoms with Gasteiger partial charge in [0.1, 0.15) is 5.78 Å². The van der Waals surface area contributed by atoms with Gasteiger partial charge in [0.15, 0.2) is 0 Å². The predicted octanol–water partition coefficient (Wildman–Crippen LogP) is 14.0. The van der Waals surface area contributed by atoms with E-state index in [0.717, 1.165) is 64.2 Å². The fraction of sp³-hybridized carbons (Fsp3) is 0.951. The topological polar surface area (TPSA) is 43.4 Å². The van der Waals surface area contributed by atoms with Crippen molar-refractivity contribution in [2.75, 3.05) is 6.61 Å². The first-order chi connectivity index (χ1) is 21.7. The van der Waals surface area contributed by atoms with Crippen molar-refractivity contribution < 1.29 is 14.3 Å². The molecular formula is C41H80O3. The summed E-state index contributed by atoms with van der Waals surface area (Å²) in [5, 5.41) is 0. The lowest BCUT2D eigenvalue weighted by molar-refractivity contribution is -0.149. The molecule has 0 rings (SSSR count). The van der Waals surface area contributed by atoms with Crippen LogP contribution in [0.5, 0.6) is 0 Å². The highest BCUT2D eigenvalue weighted by Gasteiger charge is 2.19. The molecular weight excluding hydrogens is 540 g/mol. The molecule has 0 fully saturated rings. The normalized spacial score (nSPS) is 12.1. The van der Waals surface area contributed by atoms with Crippen LogP contribution in [0.4, 0.5) is 0 Å². The van der Waals surface area contributed by atoms with Crippen LogP contribution in [0.3, 0.4) is 0 Å². The van der Waals surface area contributed by atoms with Crippen LogP contribution in [0.25, 0.3) is 0 Å². The van der Waals surface area contributed by atoms with Crippen LogP contribution in [-0.4, -0.2) is 18.4 Å². The van der Waals surface area contributed by atoms with Crippen molar-refractivity contribution in [3.05, 3.63) is 0 Å². The van der Waals surface area contributed by atoms with Gasteiger partial charge in [-0.1, -0.05) is 194 Å². The van der Waals surface area contributed by atoms with Crippen LogP contribution in [0.15, 0.2) is 0 Å². The molecule has 262 valence electrons. The Kier molecular flexibility index (Phi) is 35.9. The molecule has 0 aliphatic carbocycles. The zero-order valence-corrected chi connectivity index (χ0v) is 30.6. The molecule has 0 aromatic heterocycles. The maximum absolute atomic E-state index is 13.0. The number of carbonyl (C=O) groups is 2. The lowest BCUT2D eigenvalue weighted by Crippen LogP contribution is -2.18. The summed E-state index contributed by atoms with van der Waals surface area (Å²) in [4.78, 5) is 25.2. The lowest BCUT2D eigenvalue weighted by Gasteiger charge is -2.16. The molecule has 0 aromatic rings. The molecule has 0 aliphatic rings. The Balaban J connectivity index is 4.14. The molecule has 0 aliphatic heterocycles. The van der Waals surface area contributed by atoms with Crippen LogP contribution in [-0.2, 0) is 14.3 Å². The third kappa shape index (κ3) is 32.5. The van der Waals surface area contributed by atoms with E-state index in [0.29, 0.717) is 12.4 Å². The molecule has 0 radical (unpaired) electrons. The third-order valence-corrected chi connectivity index (χ3v) is 9.55. The number of esters is 1. The summed E-state index contributed by atoms with van der Waals surface area (Å²) in [5.74, 6) is 0.535. The molecule has 0 heterocycles. The van der Waals surface area contributed by atoms with Gasteiger partial charge in [0, 0.05) is 12.8 Å². The van der Waals surface area contributed by atoms with Crippen LogP contribution < -0.4 is 0 Å². The van der Waals surface area contributed by atoms with E-state index in [1.54, 1.807) is 0 Å². The minimum absolute atomic E-state index is 0.0483. The molecule has 0 amide bonds. The largest absolute Gasteiger partial charge is 0.465 e. The minimum Gasteiger partial charge on any atom is -0.465 e. The number of ketones is 1. The summed E-state index contributed by atoms with van der Waals surface area (Å²) in [6.45, 7) is 7.38. The Morgan fingerprint density at radius 3 is 1.07 bits per heavy atom. The van der Waals surface area contributed by atoms with E-state index >= 15 is 0 Å². The number of hydrogen-bond donors (Lipinski definition) is 0. The highest BCUT2D eigenvalue weighted by molar-refractivity contribution is 5.78. The van der Waals surface area contributed by atoms with Crippen LogP contribution in [0.1, 0.15) is 239 Å². The van der Waals surface area contributed by atoms with Crippen molar-refractivity contribution in [3.8, 4) is 0 Å². The first-order valence-corrected chi connectivity index (χ1v) is 20.3. The van der Waals surface area contributed by atoms with Gasteiger partial charge in [-0.25, -0.2) is 0 Å². The predicted molar refractivity (Wildman–Crippen MR) is 193 cm³/mol. The summed E-state index contributed by atoms with van der Waals surface area (Å²) < 4.78 is 5.81. The van der Waals surface area contributed by atoms with Crippen LogP contribution in [0.2, 0.25) is 0 Å². The van der Waals surface area contributed by atoms with Crippen molar-refractivity contribution in [1.82, 2.24) is 0 Å². The van der Waals surface area contributed by atoms with Gasteiger partial charge in [-0.15, -0.1) is 0 Å². The highest BCUT2D eigenvalue weighted by Crippen LogP contribution is 2.21. The van der Waals surface area contributed by atoms with Gasteiger partial charge in [-0.05, 0) is 32.1 Å². The maximum Gasteiger partial charge on any atom is 0.308 e. The second-order valence-electron chi connectivity index (χ2n) is 14.0. The Morgan fingerprint density at radius 2 is 0.682 bits per heavy atom. The fourth-order valence-corrected chi connectivity index (χ4v) is 6.43. The van der Waals surface area contributed by atoms with Crippen molar-refractivity contribution in [3.63, 3.8) is 0 Å². The number of ether oxygens (including phenoxy) is 1. The first-order valence-electron chi connectivity index (χ1n) is 20.3. The maximum atomic E-state index is 13.0. The average molecular weight is 621 g/mol. The Morgan fingerprint density at radius 1 is 0.386 bits per heavy atom. The second-order valence-corrected chi connectivity index (χ2v) is 14.0. The molecule has 3 heteroatoms. The summed E-state index contributed by atoms with van der Waals surface area (Å²) in [5.41, 5.74) is 0. The van der Waals surface area contributed by atoms with Crippen molar-refractivity contribution in [1.29, 1.82) is 0 Å². The van der Waals surface area contributed by atoms with Gasteiger partial charge < -0.3 is 4.74 Å². The lowest BCUT2D eigenvalue weighted by atomic mass is 9.94. The Labute approximate surface area is 277 Å².